The van der Waals surface area contributed by atoms with E-state index in [0.29, 0.717) is 0 Å². The molecule has 3 rings (SSSR count). The molecule has 10 nitrogen and oxygen atoms in total. The zero-order valence-electron chi connectivity index (χ0n) is 17.4. The van der Waals surface area contributed by atoms with Crippen molar-refractivity contribution in [3.63, 3.8) is 0 Å². The van der Waals surface area contributed by atoms with Crippen LogP contribution in [-0.2, 0) is 14.4 Å². The molecular formula is C22H18ClN3O7. The number of halogens is 1. The van der Waals surface area contributed by atoms with Crippen molar-refractivity contribution in [2.45, 2.75) is 19.4 Å². The molecule has 1 aliphatic heterocycles. The Morgan fingerprint density at radius 1 is 1.27 bits per heavy atom. The number of amides is 3. The number of esters is 1. The van der Waals surface area contributed by atoms with Crippen molar-refractivity contribution < 1.29 is 28.8 Å². The number of hydrogen-bond acceptors (Lipinski definition) is 7. The average Bonchev–Trinajstić information content (AvgIpc) is 3.05. The maximum Gasteiger partial charge on any atom is 0.308 e. The van der Waals surface area contributed by atoms with Gasteiger partial charge >= 0.3 is 5.97 Å². The Hall–Kier alpha value is -4.05. The fourth-order valence-corrected chi connectivity index (χ4v) is 3.59. The number of nitro groups is 1. The second kappa shape index (κ2) is 9.61. The summed E-state index contributed by atoms with van der Waals surface area (Å²) in [5.41, 5.74) is -0.265. The number of benzene rings is 2. The summed E-state index contributed by atoms with van der Waals surface area (Å²) in [6.07, 6.45) is 1.11. The minimum Gasteiger partial charge on any atom is -0.427 e. The second-order valence-corrected chi connectivity index (χ2v) is 7.45. The molecule has 0 aliphatic carbocycles. The first-order valence-electron chi connectivity index (χ1n) is 9.65. The highest BCUT2D eigenvalue weighted by Gasteiger charge is 2.44. The van der Waals surface area contributed by atoms with Crippen molar-refractivity contribution in [2.75, 3.05) is 11.4 Å². The maximum absolute atomic E-state index is 13.1. The zero-order chi connectivity index (χ0) is 24.3. The van der Waals surface area contributed by atoms with Crippen LogP contribution in [0.5, 0.6) is 5.75 Å². The van der Waals surface area contributed by atoms with Gasteiger partial charge in [-0.15, -0.1) is 6.58 Å². The SMILES string of the molecule is C=CCN(C(=O)c1ccc(Cl)c([N+](=O)[O-])c1)C1CC(=O)N(c2ccc(OC(C)=O)cc2)C1=O. The van der Waals surface area contributed by atoms with Crippen LogP contribution in [0.4, 0.5) is 11.4 Å². The highest BCUT2D eigenvalue weighted by Crippen LogP contribution is 2.30. The van der Waals surface area contributed by atoms with Gasteiger partial charge in [-0.05, 0) is 36.4 Å². The third-order valence-electron chi connectivity index (χ3n) is 4.83. The normalized spacial score (nSPS) is 15.3. The van der Waals surface area contributed by atoms with Crippen LogP contribution in [0.15, 0.2) is 55.1 Å². The van der Waals surface area contributed by atoms with Gasteiger partial charge in [-0.2, -0.15) is 0 Å². The van der Waals surface area contributed by atoms with Crippen LogP contribution in [-0.4, -0.2) is 46.1 Å². The zero-order valence-corrected chi connectivity index (χ0v) is 18.2. The summed E-state index contributed by atoms with van der Waals surface area (Å²) >= 11 is 5.82. The van der Waals surface area contributed by atoms with E-state index >= 15 is 0 Å². The molecule has 1 fully saturated rings. The molecule has 170 valence electrons. The summed E-state index contributed by atoms with van der Waals surface area (Å²) in [7, 11) is 0. The summed E-state index contributed by atoms with van der Waals surface area (Å²) in [5.74, 6) is -2.13. The quantitative estimate of drug-likeness (QED) is 0.151. The molecule has 0 spiro atoms. The van der Waals surface area contributed by atoms with Gasteiger partial charge in [0, 0.05) is 25.1 Å². The Balaban J connectivity index is 1.89. The van der Waals surface area contributed by atoms with Crippen LogP contribution in [0.25, 0.3) is 0 Å². The summed E-state index contributed by atoms with van der Waals surface area (Å²) in [6, 6.07) is 8.17. The highest BCUT2D eigenvalue weighted by molar-refractivity contribution is 6.32. The molecule has 0 aromatic heterocycles. The first kappa shape index (κ1) is 23.6. The lowest BCUT2D eigenvalue weighted by atomic mass is 10.1. The van der Waals surface area contributed by atoms with Crippen molar-refractivity contribution in [1.82, 2.24) is 4.90 Å². The number of anilines is 1. The molecule has 1 saturated heterocycles. The van der Waals surface area contributed by atoms with Gasteiger partial charge in [-0.3, -0.25) is 29.3 Å². The van der Waals surface area contributed by atoms with E-state index in [1.165, 1.54) is 49.4 Å². The fourth-order valence-electron chi connectivity index (χ4n) is 3.40. The third-order valence-corrected chi connectivity index (χ3v) is 5.15. The minimum absolute atomic E-state index is 0.0580. The molecule has 1 unspecified atom stereocenters. The smallest absolute Gasteiger partial charge is 0.308 e. The Morgan fingerprint density at radius 2 is 1.94 bits per heavy atom. The number of nitro benzene ring substituents is 1. The van der Waals surface area contributed by atoms with E-state index in [0.717, 1.165) is 15.9 Å². The standard InChI is InChI=1S/C22H18ClN3O7/c1-3-10-24(21(29)14-4-9-17(23)18(11-14)26(31)32)19-12-20(28)25(22(19)30)15-5-7-16(8-6-15)33-13(2)27/h3-9,11,19H,1,10,12H2,2H3. The molecule has 0 N–H and O–H groups in total. The van der Waals surface area contributed by atoms with Crippen LogP contribution in [0.1, 0.15) is 23.7 Å². The molecule has 33 heavy (non-hydrogen) atoms. The number of carbonyl (C=O) groups excluding carboxylic acids is 4. The third kappa shape index (κ3) is 4.90. The van der Waals surface area contributed by atoms with E-state index < -0.39 is 40.3 Å². The van der Waals surface area contributed by atoms with Crippen molar-refractivity contribution in [2.24, 2.45) is 0 Å². The van der Waals surface area contributed by atoms with E-state index in [9.17, 15) is 29.3 Å². The van der Waals surface area contributed by atoms with Gasteiger partial charge in [-0.25, -0.2) is 4.90 Å². The van der Waals surface area contributed by atoms with Gasteiger partial charge in [0.1, 0.15) is 16.8 Å². The first-order valence-corrected chi connectivity index (χ1v) is 10.0. The monoisotopic (exact) mass is 471 g/mol. The van der Waals surface area contributed by atoms with Crippen molar-refractivity contribution in [1.29, 1.82) is 0 Å². The number of imide groups is 1. The summed E-state index contributed by atoms with van der Waals surface area (Å²) in [5, 5.41) is 11.0. The highest BCUT2D eigenvalue weighted by atomic mass is 35.5. The lowest BCUT2D eigenvalue weighted by molar-refractivity contribution is -0.384. The van der Waals surface area contributed by atoms with Gasteiger partial charge < -0.3 is 9.64 Å². The molecule has 1 aliphatic rings. The van der Waals surface area contributed by atoms with E-state index in [1.54, 1.807) is 0 Å². The first-order chi connectivity index (χ1) is 15.6. The van der Waals surface area contributed by atoms with Crippen LogP contribution in [0, 0.1) is 10.1 Å². The molecule has 3 amide bonds. The molecule has 1 atom stereocenters. The predicted octanol–water partition coefficient (Wildman–Crippen LogP) is 3.13. The lowest BCUT2D eigenvalue weighted by Crippen LogP contribution is -2.45. The predicted molar refractivity (Wildman–Crippen MR) is 118 cm³/mol. The molecule has 2 aromatic rings. The van der Waals surface area contributed by atoms with Gasteiger partial charge in [0.05, 0.1) is 17.0 Å². The van der Waals surface area contributed by atoms with E-state index in [2.05, 4.69) is 6.58 Å². The van der Waals surface area contributed by atoms with E-state index in [4.69, 9.17) is 16.3 Å². The molecule has 2 aromatic carbocycles. The summed E-state index contributed by atoms with van der Waals surface area (Å²) < 4.78 is 4.94. The fraction of sp³-hybridized carbons (Fsp3) is 0.182. The maximum atomic E-state index is 13.1. The van der Waals surface area contributed by atoms with Crippen molar-refractivity contribution in [3.05, 3.63) is 75.8 Å². The lowest BCUT2D eigenvalue weighted by Gasteiger charge is -2.26. The number of nitrogens with zero attached hydrogens (tertiary/aromatic N) is 3. The Kier molecular flexibility index (Phi) is 6.88. The van der Waals surface area contributed by atoms with Crippen molar-refractivity contribution in [3.8, 4) is 5.75 Å². The topological polar surface area (TPSA) is 127 Å². The average molecular weight is 472 g/mol. The van der Waals surface area contributed by atoms with Crippen LogP contribution < -0.4 is 9.64 Å². The number of hydrogen-bond donors (Lipinski definition) is 0. The molecule has 0 radical (unpaired) electrons. The Labute approximate surface area is 193 Å². The largest absolute Gasteiger partial charge is 0.427 e. The van der Waals surface area contributed by atoms with Crippen LogP contribution in [0.3, 0.4) is 0 Å². The van der Waals surface area contributed by atoms with Gasteiger partial charge in [0.15, 0.2) is 0 Å². The molecule has 0 bridgehead atoms. The molecule has 1 heterocycles. The van der Waals surface area contributed by atoms with Gasteiger partial charge in [0.2, 0.25) is 5.91 Å². The van der Waals surface area contributed by atoms with E-state index in [-0.39, 0.29) is 35.0 Å². The number of carbonyl (C=O) groups is 4. The van der Waals surface area contributed by atoms with Crippen LogP contribution >= 0.6 is 11.6 Å². The Bertz CT molecular complexity index is 1160. The van der Waals surface area contributed by atoms with Gasteiger partial charge in [0.25, 0.3) is 17.5 Å². The summed E-state index contributed by atoms with van der Waals surface area (Å²) in [6.45, 7) is 4.76. The molecule has 0 saturated carbocycles. The van der Waals surface area contributed by atoms with E-state index in [1.807, 2.05) is 0 Å². The summed E-state index contributed by atoms with van der Waals surface area (Å²) in [4.78, 5) is 62.5. The number of rotatable bonds is 7. The molecular weight excluding hydrogens is 454 g/mol. The molecule has 11 heteroatoms. The Morgan fingerprint density at radius 3 is 2.52 bits per heavy atom. The van der Waals surface area contributed by atoms with Crippen LogP contribution in [0.2, 0.25) is 5.02 Å². The van der Waals surface area contributed by atoms with Gasteiger partial charge in [-0.1, -0.05) is 17.7 Å². The second-order valence-electron chi connectivity index (χ2n) is 7.04. The minimum atomic E-state index is -1.13. The number of ether oxygens (including phenoxy) is 1. The van der Waals surface area contributed by atoms with Crippen molar-refractivity contribution >= 4 is 46.7 Å².